The molecule has 0 radical (unpaired) electrons. The van der Waals surface area contributed by atoms with Crippen LogP contribution in [-0.4, -0.2) is 26.2 Å². The molecule has 0 aromatic heterocycles. The highest BCUT2D eigenvalue weighted by Crippen LogP contribution is 2.17. The molecule has 0 aromatic rings. The molecule has 4 nitrogen and oxygen atoms in total. The molecule has 14 heavy (non-hydrogen) atoms. The largest absolute Gasteiger partial charge is 0.469 e. The smallest absolute Gasteiger partial charge is 0.308 e. The third-order valence-electron chi connectivity index (χ3n) is 2.27. The van der Waals surface area contributed by atoms with Crippen LogP contribution in [0.4, 0.5) is 0 Å². The molecule has 2 atom stereocenters. The number of ether oxygens (including phenoxy) is 2. The number of carbonyl (C=O) groups is 2. The monoisotopic (exact) mass is 202 g/mol. The normalized spacial score (nSPS) is 14.3. The molecular formula is C10H18O4. The van der Waals surface area contributed by atoms with Crippen molar-refractivity contribution in [1.82, 2.24) is 0 Å². The summed E-state index contributed by atoms with van der Waals surface area (Å²) < 4.78 is 9.21. The van der Waals surface area contributed by atoms with Crippen LogP contribution in [-0.2, 0) is 19.1 Å². The minimum Gasteiger partial charge on any atom is -0.469 e. The molecule has 0 amide bonds. The van der Waals surface area contributed by atoms with Crippen LogP contribution in [0.25, 0.3) is 0 Å². The van der Waals surface area contributed by atoms with E-state index in [0.29, 0.717) is 12.8 Å². The molecule has 0 unspecified atom stereocenters. The van der Waals surface area contributed by atoms with E-state index in [1.165, 1.54) is 14.2 Å². The lowest BCUT2D eigenvalue weighted by molar-refractivity contribution is -0.149. The highest BCUT2D eigenvalue weighted by atomic mass is 16.5. The van der Waals surface area contributed by atoms with Gasteiger partial charge in [-0.15, -0.1) is 0 Å². The third kappa shape index (κ3) is 3.77. The zero-order valence-electron chi connectivity index (χ0n) is 9.20. The summed E-state index contributed by atoms with van der Waals surface area (Å²) in [5, 5.41) is 0. The van der Waals surface area contributed by atoms with Crippen molar-refractivity contribution in [3.05, 3.63) is 0 Å². The highest BCUT2D eigenvalue weighted by molar-refractivity contribution is 5.75. The number of esters is 2. The molecule has 0 N–H and O–H groups in total. The molecule has 0 bridgehead atoms. The lowest BCUT2D eigenvalue weighted by Gasteiger charge is -2.15. The molecule has 0 saturated heterocycles. The summed E-state index contributed by atoms with van der Waals surface area (Å²) in [5.74, 6) is -1.02. The molecule has 4 heteroatoms. The summed E-state index contributed by atoms with van der Waals surface area (Å²) in [7, 11) is 2.70. The van der Waals surface area contributed by atoms with Gasteiger partial charge in [0.1, 0.15) is 0 Å². The molecule has 0 rings (SSSR count). The molecular weight excluding hydrogens is 184 g/mol. The van der Waals surface area contributed by atoms with Gasteiger partial charge in [-0.1, -0.05) is 13.8 Å². The van der Waals surface area contributed by atoms with E-state index >= 15 is 0 Å². The topological polar surface area (TPSA) is 52.6 Å². The summed E-state index contributed by atoms with van der Waals surface area (Å²) in [6.45, 7) is 3.64. The summed E-state index contributed by atoms with van der Waals surface area (Å²) in [6.07, 6.45) is 1.16. The van der Waals surface area contributed by atoms with Crippen molar-refractivity contribution in [3.63, 3.8) is 0 Å². The van der Waals surface area contributed by atoms with Crippen LogP contribution in [0.2, 0.25) is 0 Å². The van der Waals surface area contributed by atoms with Crippen LogP contribution < -0.4 is 0 Å². The second kappa shape index (κ2) is 6.40. The van der Waals surface area contributed by atoms with E-state index in [1.807, 2.05) is 6.92 Å². The van der Waals surface area contributed by atoms with Gasteiger partial charge in [0.2, 0.25) is 0 Å². The SMILES string of the molecule is CC[C@@H](C[C@@H](C)C(=O)OC)C(=O)OC. The maximum Gasteiger partial charge on any atom is 0.308 e. The van der Waals surface area contributed by atoms with E-state index in [4.69, 9.17) is 0 Å². The molecule has 0 aliphatic rings. The summed E-state index contributed by atoms with van der Waals surface area (Å²) >= 11 is 0. The molecule has 0 fully saturated rings. The first kappa shape index (κ1) is 12.9. The van der Waals surface area contributed by atoms with E-state index in [0.717, 1.165) is 0 Å². The van der Waals surface area contributed by atoms with E-state index in [9.17, 15) is 9.59 Å². The van der Waals surface area contributed by atoms with Crippen LogP contribution in [0.1, 0.15) is 26.7 Å². The maximum atomic E-state index is 11.2. The summed E-state index contributed by atoms with van der Waals surface area (Å²) in [5.41, 5.74) is 0. The minimum atomic E-state index is -0.285. The highest BCUT2D eigenvalue weighted by Gasteiger charge is 2.23. The predicted octanol–water partition coefficient (Wildman–Crippen LogP) is 1.38. The van der Waals surface area contributed by atoms with E-state index in [2.05, 4.69) is 9.47 Å². The molecule has 0 heterocycles. The van der Waals surface area contributed by atoms with E-state index in [-0.39, 0.29) is 23.8 Å². The van der Waals surface area contributed by atoms with Gasteiger partial charge in [-0.25, -0.2) is 0 Å². The van der Waals surface area contributed by atoms with Gasteiger partial charge in [-0.2, -0.15) is 0 Å². The number of rotatable bonds is 5. The van der Waals surface area contributed by atoms with Gasteiger partial charge in [0.25, 0.3) is 0 Å². The number of carbonyl (C=O) groups excluding carboxylic acids is 2. The Balaban J connectivity index is 4.17. The van der Waals surface area contributed by atoms with Gasteiger partial charge >= 0.3 is 11.9 Å². The fourth-order valence-corrected chi connectivity index (χ4v) is 1.32. The average molecular weight is 202 g/mol. The average Bonchev–Trinajstić information content (AvgIpc) is 2.22. The van der Waals surface area contributed by atoms with Crippen molar-refractivity contribution in [2.75, 3.05) is 14.2 Å². The number of methoxy groups -OCH3 is 2. The summed E-state index contributed by atoms with van der Waals surface area (Å²) in [4.78, 5) is 22.3. The van der Waals surface area contributed by atoms with Crippen LogP contribution in [0.3, 0.4) is 0 Å². The van der Waals surface area contributed by atoms with E-state index < -0.39 is 0 Å². The fourth-order valence-electron chi connectivity index (χ4n) is 1.32. The zero-order valence-corrected chi connectivity index (χ0v) is 9.20. The van der Waals surface area contributed by atoms with Crippen molar-refractivity contribution in [3.8, 4) is 0 Å². The second-order valence-electron chi connectivity index (χ2n) is 3.29. The Morgan fingerprint density at radius 3 is 2.00 bits per heavy atom. The fraction of sp³-hybridized carbons (Fsp3) is 0.800. The molecule has 0 aliphatic heterocycles. The van der Waals surface area contributed by atoms with Crippen molar-refractivity contribution in [1.29, 1.82) is 0 Å². The number of hydrogen-bond donors (Lipinski definition) is 0. The Hall–Kier alpha value is -1.06. The predicted molar refractivity (Wildman–Crippen MR) is 51.6 cm³/mol. The molecule has 82 valence electrons. The van der Waals surface area contributed by atoms with Gasteiger partial charge in [0, 0.05) is 0 Å². The standard InChI is InChI=1S/C10H18O4/c1-5-8(10(12)14-4)6-7(2)9(11)13-3/h7-8H,5-6H2,1-4H3/t7-,8+/m1/s1. The van der Waals surface area contributed by atoms with Gasteiger partial charge in [0.05, 0.1) is 26.1 Å². The van der Waals surface area contributed by atoms with Crippen LogP contribution in [0, 0.1) is 11.8 Å². The van der Waals surface area contributed by atoms with Crippen LogP contribution >= 0.6 is 0 Å². The Kier molecular flexibility index (Phi) is 5.92. The summed E-state index contributed by atoms with van der Waals surface area (Å²) in [6, 6.07) is 0. The Bertz CT molecular complexity index is 200. The molecule has 0 aromatic carbocycles. The molecule has 0 saturated carbocycles. The quantitative estimate of drug-likeness (QED) is 0.632. The zero-order chi connectivity index (χ0) is 11.1. The lowest BCUT2D eigenvalue weighted by Crippen LogP contribution is -2.22. The minimum absolute atomic E-state index is 0.214. The second-order valence-corrected chi connectivity index (χ2v) is 3.29. The Morgan fingerprint density at radius 2 is 1.64 bits per heavy atom. The lowest BCUT2D eigenvalue weighted by atomic mass is 9.94. The van der Waals surface area contributed by atoms with Gasteiger partial charge in [-0.3, -0.25) is 9.59 Å². The molecule has 0 spiro atoms. The van der Waals surface area contributed by atoms with Gasteiger partial charge < -0.3 is 9.47 Å². The Labute approximate surface area is 84.6 Å². The van der Waals surface area contributed by atoms with Crippen molar-refractivity contribution < 1.29 is 19.1 Å². The first-order chi connectivity index (χ1) is 6.56. The maximum absolute atomic E-state index is 11.2. The van der Waals surface area contributed by atoms with Gasteiger partial charge in [-0.05, 0) is 12.8 Å². The Morgan fingerprint density at radius 1 is 1.14 bits per heavy atom. The number of hydrogen-bond acceptors (Lipinski definition) is 4. The first-order valence-corrected chi connectivity index (χ1v) is 4.72. The van der Waals surface area contributed by atoms with Gasteiger partial charge in [0.15, 0.2) is 0 Å². The van der Waals surface area contributed by atoms with Crippen LogP contribution in [0.5, 0.6) is 0 Å². The van der Waals surface area contributed by atoms with E-state index in [1.54, 1.807) is 6.92 Å². The van der Waals surface area contributed by atoms with Crippen LogP contribution in [0.15, 0.2) is 0 Å². The first-order valence-electron chi connectivity index (χ1n) is 4.72. The molecule has 0 aliphatic carbocycles. The third-order valence-corrected chi connectivity index (χ3v) is 2.27. The van der Waals surface area contributed by atoms with Crippen molar-refractivity contribution >= 4 is 11.9 Å². The van der Waals surface area contributed by atoms with Crippen molar-refractivity contribution in [2.45, 2.75) is 26.7 Å². The van der Waals surface area contributed by atoms with Crippen molar-refractivity contribution in [2.24, 2.45) is 11.8 Å².